The van der Waals surface area contributed by atoms with Crippen LogP contribution in [0.4, 0.5) is 5.69 Å². The normalized spacial score (nSPS) is 12.2. The fraction of sp³-hybridized carbons (Fsp3) is 0.297. The summed E-state index contributed by atoms with van der Waals surface area (Å²) in [4.78, 5) is 29.9. The molecule has 7 nitrogen and oxygen atoms in total. The minimum Gasteiger partial charge on any atom is -0.352 e. The molecule has 4 aromatic rings. The second kappa shape index (κ2) is 15.8. The van der Waals surface area contributed by atoms with Crippen LogP contribution in [0, 0.1) is 6.92 Å². The largest absolute Gasteiger partial charge is 0.352 e. The minimum absolute atomic E-state index is 0.0105. The third kappa shape index (κ3) is 9.37. The number of carbonyl (C=O) groups excluding carboxylic acids is 2. The first kappa shape index (κ1) is 36.0. The molecule has 0 aliphatic rings. The molecule has 4 rings (SSSR count). The van der Waals surface area contributed by atoms with Crippen LogP contribution in [0.2, 0.25) is 10.0 Å². The van der Waals surface area contributed by atoms with Crippen LogP contribution in [0.25, 0.3) is 0 Å². The van der Waals surface area contributed by atoms with Gasteiger partial charge in [-0.2, -0.15) is 0 Å². The lowest BCUT2D eigenvalue weighted by molar-refractivity contribution is -0.140. The molecule has 0 bridgehead atoms. The summed E-state index contributed by atoms with van der Waals surface area (Å²) in [7, 11) is -4.19. The first-order valence-corrected chi connectivity index (χ1v) is 17.7. The molecular formula is C37H41Cl2N3O4S. The molecule has 1 atom stereocenters. The molecule has 0 heterocycles. The van der Waals surface area contributed by atoms with Crippen molar-refractivity contribution in [1.29, 1.82) is 0 Å². The van der Waals surface area contributed by atoms with Crippen molar-refractivity contribution in [1.82, 2.24) is 10.2 Å². The Labute approximate surface area is 288 Å². The summed E-state index contributed by atoms with van der Waals surface area (Å²) in [6.07, 6.45) is 0.209. The summed E-state index contributed by atoms with van der Waals surface area (Å²) >= 11 is 12.5. The number of benzene rings is 4. The molecule has 248 valence electrons. The molecular weight excluding hydrogens is 653 g/mol. The highest BCUT2D eigenvalue weighted by Crippen LogP contribution is 2.28. The number of nitrogens with zero attached hydrogens (tertiary/aromatic N) is 2. The van der Waals surface area contributed by atoms with Crippen molar-refractivity contribution in [2.45, 2.75) is 70.5 Å². The molecule has 0 unspecified atom stereocenters. The van der Waals surface area contributed by atoms with E-state index in [0.717, 1.165) is 21.0 Å². The Bertz CT molecular complexity index is 1780. The van der Waals surface area contributed by atoms with Crippen LogP contribution < -0.4 is 9.62 Å². The van der Waals surface area contributed by atoms with E-state index in [1.54, 1.807) is 42.5 Å². The Hall–Kier alpha value is -3.85. The minimum atomic E-state index is -4.19. The Morgan fingerprint density at radius 3 is 2.00 bits per heavy atom. The van der Waals surface area contributed by atoms with Gasteiger partial charge in [-0.15, -0.1) is 0 Å². The molecule has 0 aromatic heterocycles. The van der Waals surface area contributed by atoms with Gasteiger partial charge in [-0.05, 0) is 79.8 Å². The second-order valence-corrected chi connectivity index (χ2v) is 14.9. The van der Waals surface area contributed by atoms with Gasteiger partial charge in [0.1, 0.15) is 12.6 Å². The Morgan fingerprint density at radius 1 is 0.787 bits per heavy atom. The van der Waals surface area contributed by atoms with Gasteiger partial charge in [0.25, 0.3) is 10.0 Å². The zero-order valence-electron chi connectivity index (χ0n) is 27.3. The summed E-state index contributed by atoms with van der Waals surface area (Å²) in [6, 6.07) is 26.9. The standard InChI is InChI=1S/C37H41Cl2N3O4S/c1-25(2)30-14-16-31(17-15-30)42(47(45,46)32-18-11-27(5)12-19-32)24-36(43)41(23-29-13-20-33(38)34(39)21-29)35(37(44)40-26(3)4)22-28-9-7-6-8-10-28/h6-21,25-26,35H,22-24H2,1-5H3,(H,40,44)/t35-/m1/s1. The van der Waals surface area contributed by atoms with Gasteiger partial charge in [0, 0.05) is 19.0 Å². The summed E-state index contributed by atoms with van der Waals surface area (Å²) < 4.78 is 29.6. The average Bonchev–Trinajstić information content (AvgIpc) is 3.03. The lowest BCUT2D eigenvalue weighted by Crippen LogP contribution is -2.54. The Kier molecular flexibility index (Phi) is 12.1. The molecule has 1 N–H and O–H groups in total. The number of aryl methyl sites for hydroxylation is 1. The summed E-state index contributed by atoms with van der Waals surface area (Å²) in [5.41, 5.74) is 3.75. The number of rotatable bonds is 13. The Morgan fingerprint density at radius 2 is 1.43 bits per heavy atom. The van der Waals surface area contributed by atoms with E-state index >= 15 is 0 Å². The van der Waals surface area contributed by atoms with E-state index in [1.807, 2.05) is 63.2 Å². The highest BCUT2D eigenvalue weighted by molar-refractivity contribution is 7.92. The van der Waals surface area contributed by atoms with Crippen molar-refractivity contribution in [3.63, 3.8) is 0 Å². The number of hydrogen-bond acceptors (Lipinski definition) is 4. The first-order chi connectivity index (χ1) is 22.3. The fourth-order valence-electron chi connectivity index (χ4n) is 5.16. The van der Waals surface area contributed by atoms with Gasteiger partial charge in [-0.25, -0.2) is 8.42 Å². The van der Waals surface area contributed by atoms with Crippen LogP contribution in [0.15, 0.2) is 102 Å². The van der Waals surface area contributed by atoms with Crippen LogP contribution in [0.3, 0.4) is 0 Å². The molecule has 0 saturated carbocycles. The fourth-order valence-corrected chi connectivity index (χ4v) is 6.90. The van der Waals surface area contributed by atoms with Crippen molar-refractivity contribution in [3.05, 3.63) is 129 Å². The van der Waals surface area contributed by atoms with Gasteiger partial charge < -0.3 is 10.2 Å². The predicted molar refractivity (Wildman–Crippen MR) is 190 cm³/mol. The molecule has 4 aromatic carbocycles. The van der Waals surface area contributed by atoms with Crippen LogP contribution >= 0.6 is 23.2 Å². The maximum atomic E-state index is 14.6. The maximum Gasteiger partial charge on any atom is 0.264 e. The second-order valence-electron chi connectivity index (χ2n) is 12.2. The molecule has 0 radical (unpaired) electrons. The van der Waals surface area contributed by atoms with Crippen LogP contribution in [-0.4, -0.2) is 43.8 Å². The number of anilines is 1. The molecule has 2 amide bonds. The summed E-state index contributed by atoms with van der Waals surface area (Å²) in [5, 5.41) is 3.61. The first-order valence-electron chi connectivity index (χ1n) is 15.5. The molecule has 0 aliphatic carbocycles. The predicted octanol–water partition coefficient (Wildman–Crippen LogP) is 7.79. The van der Waals surface area contributed by atoms with E-state index < -0.39 is 28.5 Å². The van der Waals surface area contributed by atoms with Crippen LogP contribution in [-0.2, 0) is 32.6 Å². The van der Waals surface area contributed by atoms with E-state index in [-0.39, 0.29) is 35.7 Å². The molecule has 0 fully saturated rings. The van der Waals surface area contributed by atoms with Crippen molar-refractivity contribution in [2.75, 3.05) is 10.8 Å². The highest BCUT2D eigenvalue weighted by atomic mass is 35.5. The lowest BCUT2D eigenvalue weighted by Gasteiger charge is -2.34. The summed E-state index contributed by atoms with van der Waals surface area (Å²) in [6.45, 7) is 9.11. The maximum absolute atomic E-state index is 14.6. The smallest absolute Gasteiger partial charge is 0.264 e. The van der Waals surface area contributed by atoms with Crippen LogP contribution in [0.1, 0.15) is 55.9 Å². The molecule has 10 heteroatoms. The van der Waals surface area contributed by atoms with Gasteiger partial charge >= 0.3 is 0 Å². The highest BCUT2D eigenvalue weighted by Gasteiger charge is 2.35. The van der Waals surface area contributed by atoms with E-state index in [4.69, 9.17) is 23.2 Å². The van der Waals surface area contributed by atoms with Crippen molar-refractivity contribution in [3.8, 4) is 0 Å². The van der Waals surface area contributed by atoms with Gasteiger partial charge in [0.15, 0.2) is 0 Å². The number of halogens is 2. The molecule has 47 heavy (non-hydrogen) atoms. The third-order valence-electron chi connectivity index (χ3n) is 7.77. The quantitative estimate of drug-likeness (QED) is 0.155. The number of sulfonamides is 1. The topological polar surface area (TPSA) is 86.8 Å². The average molecular weight is 695 g/mol. The van der Waals surface area contributed by atoms with Gasteiger partial charge in [-0.1, -0.05) is 103 Å². The number of nitrogens with one attached hydrogen (secondary N) is 1. The van der Waals surface area contributed by atoms with Gasteiger partial charge in [-0.3, -0.25) is 13.9 Å². The van der Waals surface area contributed by atoms with E-state index in [9.17, 15) is 18.0 Å². The Balaban J connectivity index is 1.83. The van der Waals surface area contributed by atoms with Crippen molar-refractivity contribution in [2.24, 2.45) is 0 Å². The molecule has 0 saturated heterocycles. The zero-order valence-corrected chi connectivity index (χ0v) is 29.6. The number of hydrogen-bond donors (Lipinski definition) is 1. The SMILES string of the molecule is Cc1ccc(S(=O)(=O)N(CC(=O)N(Cc2ccc(Cl)c(Cl)c2)[C@H](Cc2ccccc2)C(=O)NC(C)C)c2ccc(C(C)C)cc2)cc1. The monoisotopic (exact) mass is 693 g/mol. The zero-order chi connectivity index (χ0) is 34.3. The van der Waals surface area contributed by atoms with Gasteiger partial charge in [0.2, 0.25) is 11.8 Å². The van der Waals surface area contributed by atoms with Crippen molar-refractivity contribution < 1.29 is 18.0 Å². The van der Waals surface area contributed by atoms with Crippen molar-refractivity contribution >= 4 is 50.7 Å². The van der Waals surface area contributed by atoms with Crippen LogP contribution in [0.5, 0.6) is 0 Å². The van der Waals surface area contributed by atoms with E-state index in [1.165, 1.54) is 17.0 Å². The third-order valence-corrected chi connectivity index (χ3v) is 10.3. The van der Waals surface area contributed by atoms with E-state index in [2.05, 4.69) is 19.2 Å². The molecule has 0 spiro atoms. The number of amides is 2. The molecule has 0 aliphatic heterocycles. The lowest BCUT2D eigenvalue weighted by atomic mass is 10.0. The summed E-state index contributed by atoms with van der Waals surface area (Å²) in [5.74, 6) is -0.682. The van der Waals surface area contributed by atoms with E-state index in [0.29, 0.717) is 21.3 Å². The van der Waals surface area contributed by atoms with Gasteiger partial charge in [0.05, 0.1) is 20.6 Å². The number of carbonyl (C=O) groups is 2.